The Morgan fingerprint density at radius 3 is 2.80 bits per heavy atom. The fraction of sp³-hybridized carbons (Fsp3) is 0.647. The van der Waals surface area contributed by atoms with Gasteiger partial charge in [-0.1, -0.05) is 26.0 Å². The van der Waals surface area contributed by atoms with Crippen molar-refractivity contribution in [1.29, 1.82) is 0 Å². The molecule has 1 unspecified atom stereocenters. The molecule has 1 aliphatic carbocycles. The number of hydrogen-bond donors (Lipinski definition) is 1. The van der Waals surface area contributed by atoms with E-state index >= 15 is 0 Å². The maximum Gasteiger partial charge on any atom is 0.119 e. The predicted octanol–water partition coefficient (Wildman–Crippen LogP) is 3.22. The van der Waals surface area contributed by atoms with Crippen molar-refractivity contribution in [1.82, 2.24) is 10.2 Å². The number of rotatable bonds is 9. The van der Waals surface area contributed by atoms with Gasteiger partial charge in [-0.05, 0) is 50.6 Å². The highest BCUT2D eigenvalue weighted by atomic mass is 16.5. The van der Waals surface area contributed by atoms with E-state index in [1.54, 1.807) is 0 Å². The van der Waals surface area contributed by atoms with E-state index in [9.17, 15) is 0 Å². The van der Waals surface area contributed by atoms with Crippen LogP contribution in [0.5, 0.6) is 5.75 Å². The molecule has 1 N–H and O–H groups in total. The summed E-state index contributed by atoms with van der Waals surface area (Å²) in [5.41, 5.74) is 1.32. The van der Waals surface area contributed by atoms with Gasteiger partial charge in [-0.15, -0.1) is 0 Å². The second-order valence-corrected chi connectivity index (χ2v) is 5.65. The summed E-state index contributed by atoms with van der Waals surface area (Å²) in [6.45, 7) is 7.14. The first-order valence-electron chi connectivity index (χ1n) is 7.91. The fourth-order valence-electron chi connectivity index (χ4n) is 2.57. The largest absolute Gasteiger partial charge is 0.492 e. The molecule has 0 aliphatic heterocycles. The third-order valence-electron chi connectivity index (χ3n) is 4.00. The Kier molecular flexibility index (Phi) is 5.86. The minimum absolute atomic E-state index is 0.428. The van der Waals surface area contributed by atoms with Crippen LogP contribution < -0.4 is 10.1 Å². The highest BCUT2D eigenvalue weighted by Gasteiger charge is 2.25. The van der Waals surface area contributed by atoms with Crippen LogP contribution in [-0.4, -0.2) is 37.7 Å². The van der Waals surface area contributed by atoms with Gasteiger partial charge < -0.3 is 15.0 Å². The minimum Gasteiger partial charge on any atom is -0.492 e. The molecule has 0 aromatic heterocycles. The SMILES string of the molecule is CCNC(CC)c1cccc(OCCN(C)C2CC2)c1. The number of hydrogen-bond acceptors (Lipinski definition) is 3. The molecule has 1 atom stereocenters. The van der Waals surface area contributed by atoms with E-state index in [1.165, 1.54) is 18.4 Å². The Labute approximate surface area is 123 Å². The molecule has 3 nitrogen and oxygen atoms in total. The lowest BCUT2D eigenvalue weighted by atomic mass is 10.0. The van der Waals surface area contributed by atoms with Crippen LogP contribution in [0, 0.1) is 0 Å². The number of benzene rings is 1. The molecule has 1 saturated carbocycles. The zero-order chi connectivity index (χ0) is 14.4. The van der Waals surface area contributed by atoms with E-state index in [2.05, 4.69) is 55.4 Å². The van der Waals surface area contributed by atoms with Gasteiger partial charge in [0.25, 0.3) is 0 Å². The Bertz CT molecular complexity index is 404. The third kappa shape index (κ3) is 4.50. The molecule has 0 bridgehead atoms. The zero-order valence-corrected chi connectivity index (χ0v) is 13.1. The maximum atomic E-state index is 5.90. The topological polar surface area (TPSA) is 24.5 Å². The van der Waals surface area contributed by atoms with E-state index in [1.807, 2.05) is 0 Å². The monoisotopic (exact) mass is 276 g/mol. The van der Waals surface area contributed by atoms with Crippen LogP contribution in [0.3, 0.4) is 0 Å². The molecule has 112 valence electrons. The molecule has 0 spiro atoms. The van der Waals surface area contributed by atoms with Crippen molar-refractivity contribution < 1.29 is 4.74 Å². The molecule has 1 fully saturated rings. The molecular weight excluding hydrogens is 248 g/mol. The first-order chi connectivity index (χ1) is 9.74. The van der Waals surface area contributed by atoms with Gasteiger partial charge in [0, 0.05) is 18.6 Å². The van der Waals surface area contributed by atoms with Crippen LogP contribution in [0.4, 0.5) is 0 Å². The summed E-state index contributed by atoms with van der Waals surface area (Å²) in [7, 11) is 2.19. The first kappa shape index (κ1) is 15.3. The maximum absolute atomic E-state index is 5.90. The minimum atomic E-state index is 0.428. The first-order valence-corrected chi connectivity index (χ1v) is 7.91. The van der Waals surface area contributed by atoms with Crippen molar-refractivity contribution in [2.24, 2.45) is 0 Å². The molecule has 1 aliphatic rings. The standard InChI is InChI=1S/C17H28N2O/c1-4-17(18-5-2)14-7-6-8-16(13-14)20-12-11-19(3)15-9-10-15/h6-8,13,15,17-18H,4-5,9-12H2,1-3H3. The van der Waals surface area contributed by atoms with Gasteiger partial charge in [0.1, 0.15) is 12.4 Å². The second-order valence-electron chi connectivity index (χ2n) is 5.65. The molecule has 0 amide bonds. The highest BCUT2D eigenvalue weighted by molar-refractivity contribution is 5.30. The summed E-state index contributed by atoms with van der Waals surface area (Å²) in [6, 6.07) is 9.74. The smallest absolute Gasteiger partial charge is 0.119 e. The molecule has 20 heavy (non-hydrogen) atoms. The van der Waals surface area contributed by atoms with Crippen LogP contribution in [0.2, 0.25) is 0 Å². The normalized spacial score (nSPS) is 16.4. The Hall–Kier alpha value is -1.06. The van der Waals surface area contributed by atoms with Crippen molar-refractivity contribution >= 4 is 0 Å². The molecule has 0 heterocycles. The van der Waals surface area contributed by atoms with E-state index in [0.717, 1.165) is 37.9 Å². The Morgan fingerprint density at radius 2 is 2.15 bits per heavy atom. The Morgan fingerprint density at radius 1 is 1.35 bits per heavy atom. The van der Waals surface area contributed by atoms with E-state index in [4.69, 9.17) is 4.74 Å². The van der Waals surface area contributed by atoms with Crippen LogP contribution in [0.25, 0.3) is 0 Å². The van der Waals surface area contributed by atoms with E-state index in [-0.39, 0.29) is 0 Å². The van der Waals surface area contributed by atoms with Crippen molar-refractivity contribution in [3.8, 4) is 5.75 Å². The van der Waals surface area contributed by atoms with Crippen molar-refractivity contribution in [2.45, 2.75) is 45.2 Å². The van der Waals surface area contributed by atoms with Crippen molar-refractivity contribution in [2.75, 3.05) is 26.7 Å². The van der Waals surface area contributed by atoms with Gasteiger partial charge in [-0.3, -0.25) is 0 Å². The summed E-state index contributed by atoms with van der Waals surface area (Å²) in [6.07, 6.45) is 3.81. The van der Waals surface area contributed by atoms with Gasteiger partial charge in [-0.25, -0.2) is 0 Å². The molecule has 1 aromatic carbocycles. The summed E-state index contributed by atoms with van der Waals surface area (Å²) < 4.78 is 5.90. The molecule has 1 aromatic rings. The molecule has 3 heteroatoms. The zero-order valence-electron chi connectivity index (χ0n) is 13.1. The van der Waals surface area contributed by atoms with Crippen LogP contribution in [0.15, 0.2) is 24.3 Å². The molecular formula is C17H28N2O. The van der Waals surface area contributed by atoms with Gasteiger partial charge in [0.05, 0.1) is 0 Å². The summed E-state index contributed by atoms with van der Waals surface area (Å²) >= 11 is 0. The second kappa shape index (κ2) is 7.65. The number of nitrogens with zero attached hydrogens (tertiary/aromatic N) is 1. The van der Waals surface area contributed by atoms with Crippen LogP contribution in [0.1, 0.15) is 44.7 Å². The van der Waals surface area contributed by atoms with Crippen molar-refractivity contribution in [3.63, 3.8) is 0 Å². The van der Waals surface area contributed by atoms with Gasteiger partial charge in [-0.2, -0.15) is 0 Å². The quantitative estimate of drug-likeness (QED) is 0.749. The average molecular weight is 276 g/mol. The van der Waals surface area contributed by atoms with E-state index < -0.39 is 0 Å². The summed E-state index contributed by atoms with van der Waals surface area (Å²) in [5, 5.41) is 3.51. The van der Waals surface area contributed by atoms with Crippen molar-refractivity contribution in [3.05, 3.63) is 29.8 Å². The number of likely N-dealkylation sites (N-methyl/N-ethyl adjacent to an activating group) is 1. The highest BCUT2D eigenvalue weighted by Crippen LogP contribution is 2.25. The molecule has 0 radical (unpaired) electrons. The number of ether oxygens (including phenoxy) is 1. The predicted molar refractivity (Wildman–Crippen MR) is 84.3 cm³/mol. The van der Waals surface area contributed by atoms with E-state index in [0.29, 0.717) is 6.04 Å². The molecule has 0 saturated heterocycles. The van der Waals surface area contributed by atoms with Crippen LogP contribution >= 0.6 is 0 Å². The third-order valence-corrected chi connectivity index (χ3v) is 4.00. The number of nitrogens with one attached hydrogen (secondary N) is 1. The van der Waals surface area contributed by atoms with Crippen LogP contribution in [-0.2, 0) is 0 Å². The molecule has 2 rings (SSSR count). The average Bonchev–Trinajstić information content (AvgIpc) is 3.29. The summed E-state index contributed by atoms with van der Waals surface area (Å²) in [4.78, 5) is 2.40. The van der Waals surface area contributed by atoms with Gasteiger partial charge in [0.15, 0.2) is 0 Å². The fourth-order valence-corrected chi connectivity index (χ4v) is 2.57. The Balaban J connectivity index is 1.84. The van der Waals surface area contributed by atoms with Gasteiger partial charge >= 0.3 is 0 Å². The lowest BCUT2D eigenvalue weighted by Crippen LogP contribution is -2.26. The lowest BCUT2D eigenvalue weighted by Gasteiger charge is -2.18. The van der Waals surface area contributed by atoms with Gasteiger partial charge in [0.2, 0.25) is 0 Å². The summed E-state index contributed by atoms with van der Waals surface area (Å²) in [5.74, 6) is 0.989. The lowest BCUT2D eigenvalue weighted by molar-refractivity contribution is 0.231.